The largest absolute Gasteiger partial charge is 0.498 e. The van der Waals surface area contributed by atoms with Crippen LogP contribution in [0.15, 0.2) is 60.9 Å². The number of ether oxygens (including phenoxy) is 2. The van der Waals surface area contributed by atoms with Crippen molar-refractivity contribution in [3.05, 3.63) is 60.9 Å². The Balaban J connectivity index is 4.16. The summed E-state index contributed by atoms with van der Waals surface area (Å²) < 4.78 is 33.1. The Morgan fingerprint density at radius 3 is 1.63 bits per heavy atom. The molecule has 3 N–H and O–H groups in total. The van der Waals surface area contributed by atoms with Gasteiger partial charge in [-0.1, -0.05) is 159 Å². The molecule has 0 aliphatic heterocycles. The number of rotatable bonds is 39. The van der Waals surface area contributed by atoms with E-state index in [9.17, 15) is 14.3 Å². The van der Waals surface area contributed by atoms with E-state index in [2.05, 4.69) is 62.5 Å². The molecule has 302 valence electrons. The lowest BCUT2D eigenvalue weighted by atomic mass is 10.0. The van der Waals surface area contributed by atoms with Crippen LogP contribution >= 0.6 is 7.82 Å². The van der Waals surface area contributed by atoms with Gasteiger partial charge in [0, 0.05) is 13.0 Å². The molecule has 1 unspecified atom stereocenters. The monoisotopic (exact) mass is 752 g/mol. The van der Waals surface area contributed by atoms with E-state index in [-0.39, 0.29) is 32.8 Å². The molecule has 0 fully saturated rings. The first-order chi connectivity index (χ1) is 25.4. The van der Waals surface area contributed by atoms with E-state index >= 15 is 0 Å². The topological polar surface area (TPSA) is 117 Å². The highest BCUT2D eigenvalue weighted by molar-refractivity contribution is 7.47. The van der Waals surface area contributed by atoms with Gasteiger partial charge in [0.25, 0.3) is 0 Å². The number of phosphoric acid groups is 1. The van der Waals surface area contributed by atoms with Crippen LogP contribution in [-0.4, -0.2) is 43.3 Å². The normalized spacial score (nSPS) is 14.1. The lowest BCUT2D eigenvalue weighted by Gasteiger charge is -2.19. The predicted molar refractivity (Wildman–Crippen MR) is 219 cm³/mol. The first-order valence-electron chi connectivity index (χ1n) is 20.8. The van der Waals surface area contributed by atoms with E-state index in [0.717, 1.165) is 51.4 Å². The van der Waals surface area contributed by atoms with Gasteiger partial charge in [0.05, 0.1) is 19.5 Å². The molecule has 8 nitrogen and oxygen atoms in total. The Hall–Kier alpha value is -1.96. The fourth-order valence-electron chi connectivity index (χ4n) is 5.48. The zero-order valence-corrected chi connectivity index (χ0v) is 34.2. The van der Waals surface area contributed by atoms with E-state index < -0.39 is 19.9 Å². The zero-order valence-electron chi connectivity index (χ0n) is 33.3. The second-order valence-electron chi connectivity index (χ2n) is 13.5. The maximum atomic E-state index is 12.5. The molecule has 0 aromatic heterocycles. The number of unbranched alkanes of at least 4 members (excludes halogenated alkanes) is 18. The van der Waals surface area contributed by atoms with Crippen molar-refractivity contribution >= 4 is 13.8 Å². The molecular weight excluding hydrogens is 673 g/mol. The molecule has 0 aromatic carbocycles. The average molecular weight is 752 g/mol. The van der Waals surface area contributed by atoms with Crippen LogP contribution in [0.3, 0.4) is 0 Å². The second kappa shape index (κ2) is 40.2. The minimum absolute atomic E-state index is 0.0139. The summed E-state index contributed by atoms with van der Waals surface area (Å²) in [7, 11) is -4.30. The first kappa shape index (κ1) is 50.0. The fraction of sp³-hybridized carbons (Fsp3) is 0.744. The molecule has 9 heteroatoms. The molecule has 0 rings (SSSR count). The summed E-state index contributed by atoms with van der Waals surface area (Å²) in [6, 6.07) is 0. The van der Waals surface area contributed by atoms with Gasteiger partial charge in [-0.2, -0.15) is 0 Å². The predicted octanol–water partition coefficient (Wildman–Crippen LogP) is 12.5. The summed E-state index contributed by atoms with van der Waals surface area (Å²) in [6.45, 7) is 4.07. The molecule has 0 spiro atoms. The van der Waals surface area contributed by atoms with Gasteiger partial charge in [0.2, 0.25) is 0 Å². The van der Waals surface area contributed by atoms with Gasteiger partial charge < -0.3 is 20.1 Å². The van der Waals surface area contributed by atoms with Crippen LogP contribution < -0.4 is 5.73 Å². The first-order valence-corrected chi connectivity index (χ1v) is 22.3. The molecule has 0 aliphatic rings. The maximum absolute atomic E-state index is 12.5. The molecule has 52 heavy (non-hydrogen) atoms. The van der Waals surface area contributed by atoms with Crippen LogP contribution in [0.25, 0.3) is 0 Å². The number of nitrogens with two attached hydrogens (primary N) is 1. The van der Waals surface area contributed by atoms with Crippen molar-refractivity contribution in [1.29, 1.82) is 0 Å². The number of allylic oxidation sites excluding steroid dienone is 9. The molecule has 0 radical (unpaired) electrons. The van der Waals surface area contributed by atoms with Crippen molar-refractivity contribution in [2.45, 2.75) is 180 Å². The Kier molecular flexibility index (Phi) is 38.7. The van der Waals surface area contributed by atoms with Crippen molar-refractivity contribution in [2.75, 3.05) is 26.4 Å². The molecule has 2 atom stereocenters. The van der Waals surface area contributed by atoms with Gasteiger partial charge in [-0.15, -0.1) is 0 Å². The molecule has 0 bridgehead atoms. The Bertz CT molecular complexity index is 979. The summed E-state index contributed by atoms with van der Waals surface area (Å²) in [5.41, 5.74) is 5.35. The van der Waals surface area contributed by atoms with Crippen molar-refractivity contribution in [1.82, 2.24) is 0 Å². The zero-order chi connectivity index (χ0) is 38.1. The van der Waals surface area contributed by atoms with E-state index in [4.69, 9.17) is 24.3 Å². The third-order valence-electron chi connectivity index (χ3n) is 8.51. The van der Waals surface area contributed by atoms with Gasteiger partial charge >= 0.3 is 13.8 Å². The molecule has 0 amide bonds. The highest BCUT2D eigenvalue weighted by atomic mass is 31.2. The quantitative estimate of drug-likeness (QED) is 0.0210. The van der Waals surface area contributed by atoms with Gasteiger partial charge in [-0.25, -0.2) is 4.57 Å². The fourth-order valence-corrected chi connectivity index (χ4v) is 6.25. The summed E-state index contributed by atoms with van der Waals surface area (Å²) in [5, 5.41) is 0. The van der Waals surface area contributed by atoms with E-state index in [0.29, 0.717) is 6.42 Å². The third kappa shape index (κ3) is 39.3. The molecule has 0 saturated carbocycles. The smallest absolute Gasteiger partial charge is 0.472 e. The molecule has 0 saturated heterocycles. The molecule has 0 heterocycles. The summed E-state index contributed by atoms with van der Waals surface area (Å²) in [4.78, 5) is 22.4. The minimum atomic E-state index is -4.30. The van der Waals surface area contributed by atoms with Crippen molar-refractivity contribution < 1.29 is 32.8 Å². The van der Waals surface area contributed by atoms with E-state index in [1.165, 1.54) is 96.3 Å². The van der Waals surface area contributed by atoms with Gasteiger partial charge in [-0.3, -0.25) is 13.8 Å². The highest BCUT2D eigenvalue weighted by Gasteiger charge is 2.25. The van der Waals surface area contributed by atoms with Crippen LogP contribution in [0.2, 0.25) is 0 Å². The average Bonchev–Trinajstić information content (AvgIpc) is 3.13. The van der Waals surface area contributed by atoms with Gasteiger partial charge in [0.15, 0.2) is 6.10 Å². The molecule has 0 aromatic rings. The lowest BCUT2D eigenvalue weighted by Crippen LogP contribution is -2.27. The van der Waals surface area contributed by atoms with Crippen molar-refractivity contribution in [3.8, 4) is 0 Å². The summed E-state index contributed by atoms with van der Waals surface area (Å²) >= 11 is 0. The maximum Gasteiger partial charge on any atom is 0.472 e. The molecular formula is C43H78NO7P. The Labute approximate surface area is 319 Å². The van der Waals surface area contributed by atoms with Crippen LogP contribution in [0.5, 0.6) is 0 Å². The van der Waals surface area contributed by atoms with E-state index in [1.807, 2.05) is 6.08 Å². The van der Waals surface area contributed by atoms with Crippen molar-refractivity contribution in [3.63, 3.8) is 0 Å². The number of hydrogen-bond acceptors (Lipinski definition) is 7. The number of carbonyl (C=O) groups is 1. The van der Waals surface area contributed by atoms with Crippen LogP contribution in [0.4, 0.5) is 0 Å². The van der Waals surface area contributed by atoms with Crippen LogP contribution in [-0.2, 0) is 27.9 Å². The van der Waals surface area contributed by atoms with Gasteiger partial charge in [-0.05, 0) is 63.9 Å². The number of esters is 1. The Morgan fingerprint density at radius 1 is 0.615 bits per heavy atom. The number of phosphoric ester groups is 1. The third-order valence-corrected chi connectivity index (χ3v) is 9.50. The SMILES string of the molecule is CC/C=C/C/C=C/C/C=C/C/C=C/CCCCC(=O)O[C@H](CO/C=C/CCCCCCCCCCCCCCCCCC)COP(=O)(O)OCCN. The minimum Gasteiger partial charge on any atom is -0.498 e. The number of hydrogen-bond donors (Lipinski definition) is 2. The standard InChI is InChI=1S/C43H78NO7P/c1-3-5-7-9-11-13-15-17-19-20-21-23-25-27-29-31-33-35-38-48-40-42(41-50-52(46,47)49-39-37-44)51-43(45)36-34-32-30-28-26-24-22-18-16-14-12-10-8-6-4-2/h6,8,12,14,18,22,26,28,35,38,42H,3-5,7,9-11,13,15-17,19-21,23-25,27,29-34,36-37,39-41,44H2,1-2H3,(H,46,47)/b8-6+,14-12+,22-18+,28-26+,38-35+/t42-/m1/s1. The highest BCUT2D eigenvalue weighted by Crippen LogP contribution is 2.43. The van der Waals surface area contributed by atoms with Crippen molar-refractivity contribution in [2.24, 2.45) is 5.73 Å². The van der Waals surface area contributed by atoms with E-state index in [1.54, 1.807) is 6.26 Å². The van der Waals surface area contributed by atoms with Crippen LogP contribution in [0, 0.1) is 0 Å². The summed E-state index contributed by atoms with van der Waals surface area (Å²) in [5.74, 6) is -0.393. The second-order valence-corrected chi connectivity index (χ2v) is 15.0. The Morgan fingerprint density at radius 2 is 1.10 bits per heavy atom. The van der Waals surface area contributed by atoms with Crippen LogP contribution in [0.1, 0.15) is 174 Å². The lowest BCUT2D eigenvalue weighted by molar-refractivity contribution is -0.153. The van der Waals surface area contributed by atoms with Gasteiger partial charge in [0.1, 0.15) is 6.61 Å². The number of carbonyl (C=O) groups excluding carboxylic acids is 1. The summed E-state index contributed by atoms with van der Waals surface area (Å²) in [6.07, 6.45) is 49.1. The molecule has 0 aliphatic carbocycles.